The summed E-state index contributed by atoms with van der Waals surface area (Å²) in [5, 5.41) is 22.2. The molecule has 2 aromatic rings. The lowest BCUT2D eigenvalue weighted by atomic mass is 9.77. The first-order valence-corrected chi connectivity index (χ1v) is 15.8. The molecule has 10 nitrogen and oxygen atoms in total. The highest BCUT2D eigenvalue weighted by Gasteiger charge is 2.59. The van der Waals surface area contributed by atoms with Gasteiger partial charge in [-0.25, -0.2) is 4.79 Å². The Morgan fingerprint density at radius 2 is 1.82 bits per heavy atom. The van der Waals surface area contributed by atoms with Crippen molar-refractivity contribution in [3.63, 3.8) is 0 Å². The Bertz CT molecular complexity index is 1450. The summed E-state index contributed by atoms with van der Waals surface area (Å²) in [7, 11) is 1.56. The summed E-state index contributed by atoms with van der Waals surface area (Å²) in [6.45, 7) is 5.22. The Morgan fingerprint density at radius 3 is 2.56 bits per heavy atom. The van der Waals surface area contributed by atoms with E-state index in [2.05, 4.69) is 11.0 Å². The summed E-state index contributed by atoms with van der Waals surface area (Å²) in [4.78, 5) is 29.6. The molecule has 3 aliphatic heterocycles. The van der Waals surface area contributed by atoms with Gasteiger partial charge in [0.1, 0.15) is 12.4 Å². The quantitative estimate of drug-likeness (QED) is 0.354. The summed E-state index contributed by atoms with van der Waals surface area (Å²) in [5.41, 5.74) is -0.745. The maximum absolute atomic E-state index is 14.1. The zero-order valence-electron chi connectivity index (χ0n) is 26.3. The standard InChI is InChI=1S/C35H43NO9/c1-33(2,39)12-7-14-35(40,20-29(37)42-21-23-9-5-4-6-10-23)32(38)45-31-28(41-3)19-34-13-8-15-36(34)16-11-24-17-26-27(44-22-43-26)18-25(24)30(31)34/h4-6,9-10,17-19,30-31,39-40H,7-8,11-16,20-22H2,1-3H3/t30-,31?,34+,35?/m1/s1. The van der Waals surface area contributed by atoms with Crippen LogP contribution in [0, 0.1) is 0 Å². The van der Waals surface area contributed by atoms with E-state index in [-0.39, 0.29) is 32.2 Å². The summed E-state index contributed by atoms with van der Waals surface area (Å²) < 4.78 is 29.0. The van der Waals surface area contributed by atoms with Gasteiger partial charge in [0, 0.05) is 6.54 Å². The molecule has 2 N–H and O–H groups in total. The number of nitrogens with zero attached hydrogens (tertiary/aromatic N) is 1. The van der Waals surface area contributed by atoms with E-state index in [1.807, 2.05) is 42.5 Å². The van der Waals surface area contributed by atoms with Crippen LogP contribution >= 0.6 is 0 Å². The summed E-state index contributed by atoms with van der Waals surface area (Å²) in [6, 6.07) is 13.2. The van der Waals surface area contributed by atoms with Crippen molar-refractivity contribution >= 4 is 11.9 Å². The summed E-state index contributed by atoms with van der Waals surface area (Å²) in [6.07, 6.45) is 3.81. The first kappa shape index (κ1) is 31.4. The third-order valence-electron chi connectivity index (χ3n) is 9.64. The smallest absolute Gasteiger partial charge is 0.339 e. The Hall–Kier alpha value is -3.60. The van der Waals surface area contributed by atoms with E-state index in [1.54, 1.807) is 21.0 Å². The zero-order chi connectivity index (χ0) is 31.8. The second-order valence-corrected chi connectivity index (χ2v) is 13.3. The predicted octanol–water partition coefficient (Wildman–Crippen LogP) is 4.15. The SMILES string of the molecule is COC1=C[C@]23CCCN2CCc2cc4c(cc2[C@@H]3C1OC(=O)C(O)(CCCC(C)(C)O)CC(=O)OCc1ccccc1)OCO4. The fourth-order valence-corrected chi connectivity index (χ4v) is 7.42. The minimum atomic E-state index is -2.18. The van der Waals surface area contributed by atoms with E-state index in [0.717, 1.165) is 49.0 Å². The van der Waals surface area contributed by atoms with Crippen molar-refractivity contribution in [2.75, 3.05) is 27.0 Å². The van der Waals surface area contributed by atoms with Crippen LogP contribution in [0.25, 0.3) is 0 Å². The van der Waals surface area contributed by atoms with Crippen LogP contribution in [0.1, 0.15) is 75.0 Å². The van der Waals surface area contributed by atoms with Crippen molar-refractivity contribution in [3.8, 4) is 11.5 Å². The van der Waals surface area contributed by atoms with Gasteiger partial charge in [-0.05, 0) is 93.8 Å². The first-order valence-electron chi connectivity index (χ1n) is 15.8. The monoisotopic (exact) mass is 621 g/mol. The van der Waals surface area contributed by atoms with Gasteiger partial charge in [-0.15, -0.1) is 0 Å². The number of esters is 2. The lowest BCUT2D eigenvalue weighted by Gasteiger charge is -2.39. The number of methoxy groups -OCH3 is 1. The Morgan fingerprint density at radius 1 is 1.07 bits per heavy atom. The van der Waals surface area contributed by atoms with Gasteiger partial charge < -0.3 is 33.9 Å². The van der Waals surface area contributed by atoms with Crippen LogP contribution in [-0.4, -0.2) is 76.9 Å². The lowest BCUT2D eigenvalue weighted by molar-refractivity contribution is -0.179. The molecule has 1 saturated heterocycles. The molecule has 2 aromatic carbocycles. The maximum Gasteiger partial charge on any atom is 0.339 e. The van der Waals surface area contributed by atoms with Crippen molar-refractivity contribution in [1.82, 2.24) is 4.90 Å². The van der Waals surface area contributed by atoms with Crippen LogP contribution in [0.15, 0.2) is 54.3 Å². The Kier molecular flexibility index (Phi) is 8.58. The van der Waals surface area contributed by atoms with Crippen molar-refractivity contribution < 1.29 is 43.5 Å². The molecule has 0 amide bonds. The van der Waals surface area contributed by atoms with Crippen LogP contribution < -0.4 is 9.47 Å². The minimum absolute atomic E-state index is 0.0149. The van der Waals surface area contributed by atoms with Gasteiger partial charge in [-0.3, -0.25) is 9.69 Å². The normalized spacial score (nSPS) is 24.9. The van der Waals surface area contributed by atoms with Crippen LogP contribution in [0.4, 0.5) is 0 Å². The second kappa shape index (κ2) is 12.3. The summed E-state index contributed by atoms with van der Waals surface area (Å²) >= 11 is 0. The molecule has 0 saturated carbocycles. The third-order valence-corrected chi connectivity index (χ3v) is 9.64. The highest BCUT2D eigenvalue weighted by Crippen LogP contribution is 2.55. The molecular weight excluding hydrogens is 578 g/mol. The third kappa shape index (κ3) is 6.28. The van der Waals surface area contributed by atoms with Gasteiger partial charge in [-0.1, -0.05) is 30.3 Å². The predicted molar refractivity (Wildman–Crippen MR) is 163 cm³/mol. The molecular formula is C35H43NO9. The van der Waals surface area contributed by atoms with Crippen molar-refractivity contribution in [2.45, 2.75) is 94.2 Å². The van der Waals surface area contributed by atoms with E-state index in [1.165, 1.54) is 0 Å². The van der Waals surface area contributed by atoms with E-state index in [4.69, 9.17) is 23.7 Å². The number of carbonyl (C=O) groups excluding carboxylic acids is 2. The average Bonchev–Trinajstić information content (AvgIpc) is 3.69. The molecule has 1 spiro atoms. The topological polar surface area (TPSA) is 124 Å². The molecule has 4 aliphatic rings. The first-order chi connectivity index (χ1) is 21.5. The van der Waals surface area contributed by atoms with Gasteiger partial charge >= 0.3 is 11.9 Å². The molecule has 0 aromatic heterocycles. The lowest BCUT2D eigenvalue weighted by Crippen LogP contribution is -2.49. The van der Waals surface area contributed by atoms with Crippen LogP contribution in [0.3, 0.4) is 0 Å². The molecule has 6 rings (SSSR count). The number of carbonyl (C=O) groups is 2. The average molecular weight is 622 g/mol. The summed E-state index contributed by atoms with van der Waals surface area (Å²) in [5.74, 6) is -0.104. The molecule has 10 heteroatoms. The van der Waals surface area contributed by atoms with Crippen molar-refractivity contribution in [2.24, 2.45) is 0 Å². The van der Waals surface area contributed by atoms with Crippen molar-refractivity contribution in [1.29, 1.82) is 0 Å². The van der Waals surface area contributed by atoms with Gasteiger partial charge in [-0.2, -0.15) is 0 Å². The van der Waals surface area contributed by atoms with Gasteiger partial charge in [0.25, 0.3) is 0 Å². The number of hydrogen-bond acceptors (Lipinski definition) is 10. The number of hydrogen-bond donors (Lipinski definition) is 2. The molecule has 1 fully saturated rings. The van der Waals surface area contributed by atoms with E-state index in [0.29, 0.717) is 23.7 Å². The van der Waals surface area contributed by atoms with Crippen LogP contribution in [0.5, 0.6) is 11.5 Å². The number of fused-ring (bicyclic) bond motifs is 3. The van der Waals surface area contributed by atoms with Gasteiger partial charge in [0.15, 0.2) is 23.2 Å². The van der Waals surface area contributed by atoms with Gasteiger partial charge in [0.05, 0.1) is 30.6 Å². The fourth-order valence-electron chi connectivity index (χ4n) is 7.42. The number of rotatable bonds is 11. The van der Waals surface area contributed by atoms with E-state index >= 15 is 0 Å². The highest BCUT2D eigenvalue weighted by molar-refractivity contribution is 5.86. The molecule has 242 valence electrons. The van der Waals surface area contributed by atoms with Gasteiger partial charge in [0.2, 0.25) is 6.79 Å². The number of aliphatic hydroxyl groups is 2. The fraction of sp³-hybridized carbons (Fsp3) is 0.543. The number of ether oxygens (including phenoxy) is 5. The second-order valence-electron chi connectivity index (χ2n) is 13.3. The maximum atomic E-state index is 14.1. The molecule has 0 radical (unpaired) electrons. The minimum Gasteiger partial charge on any atom is -0.497 e. The van der Waals surface area contributed by atoms with Crippen molar-refractivity contribution in [3.05, 3.63) is 71.0 Å². The molecule has 1 aliphatic carbocycles. The molecule has 0 bridgehead atoms. The van der Waals surface area contributed by atoms with E-state index in [9.17, 15) is 19.8 Å². The highest BCUT2D eigenvalue weighted by atomic mass is 16.7. The van der Waals surface area contributed by atoms with E-state index < -0.39 is 41.2 Å². The Labute approximate surface area is 263 Å². The Balaban J connectivity index is 1.29. The molecule has 3 heterocycles. The van der Waals surface area contributed by atoms with Crippen LogP contribution in [-0.2, 0) is 36.8 Å². The largest absolute Gasteiger partial charge is 0.497 e. The number of benzene rings is 2. The molecule has 2 unspecified atom stereocenters. The van der Waals surface area contributed by atoms with Crippen LogP contribution in [0.2, 0.25) is 0 Å². The zero-order valence-corrected chi connectivity index (χ0v) is 26.3. The molecule has 4 atom stereocenters. The molecule has 45 heavy (non-hydrogen) atoms.